The number of carbonyl (C=O) groups excluding carboxylic acids is 1. The zero-order chi connectivity index (χ0) is 22.1. The van der Waals surface area contributed by atoms with Crippen LogP contribution in [0, 0.1) is 0 Å². The third-order valence-corrected chi connectivity index (χ3v) is 4.16. The fourth-order valence-corrected chi connectivity index (χ4v) is 2.83. The summed E-state index contributed by atoms with van der Waals surface area (Å²) in [5.74, 6) is -1.22. The van der Waals surface area contributed by atoms with Crippen molar-refractivity contribution in [3.05, 3.63) is 52.4 Å². The van der Waals surface area contributed by atoms with Crippen LogP contribution in [-0.2, 0) is 10.9 Å². The number of alkyl halides is 3. The zero-order valence-corrected chi connectivity index (χ0v) is 16.0. The SMILES string of the molecule is COC(=O)Oc1ccc2c(=O)c(-c3ccc(OC)c(OC)c3)c(C(F)(F)F)oc2c1. The molecule has 2 aromatic carbocycles. The maximum absolute atomic E-state index is 13.7. The van der Waals surface area contributed by atoms with Crippen molar-refractivity contribution < 1.29 is 41.3 Å². The van der Waals surface area contributed by atoms with E-state index in [0.29, 0.717) is 0 Å². The van der Waals surface area contributed by atoms with Gasteiger partial charge in [0.25, 0.3) is 0 Å². The van der Waals surface area contributed by atoms with Gasteiger partial charge in [-0.15, -0.1) is 0 Å². The highest BCUT2D eigenvalue weighted by molar-refractivity contribution is 5.85. The predicted octanol–water partition coefficient (Wildman–Crippen LogP) is 4.64. The molecule has 7 nitrogen and oxygen atoms in total. The molecule has 0 fully saturated rings. The van der Waals surface area contributed by atoms with E-state index in [4.69, 9.17) is 18.6 Å². The Hall–Kier alpha value is -3.69. The molecule has 0 saturated heterocycles. The van der Waals surface area contributed by atoms with Crippen molar-refractivity contribution in [3.63, 3.8) is 0 Å². The smallest absolute Gasteiger partial charge is 0.493 e. The van der Waals surface area contributed by atoms with Gasteiger partial charge in [0.15, 0.2) is 11.5 Å². The second-order valence-corrected chi connectivity index (χ2v) is 5.92. The number of ether oxygens (including phenoxy) is 4. The van der Waals surface area contributed by atoms with Gasteiger partial charge >= 0.3 is 12.3 Å². The molecule has 0 aliphatic heterocycles. The Labute approximate surface area is 167 Å². The summed E-state index contributed by atoms with van der Waals surface area (Å²) in [5, 5.41) is -0.134. The number of hydrogen-bond donors (Lipinski definition) is 0. The fraction of sp³-hybridized carbons (Fsp3) is 0.200. The average Bonchev–Trinajstić information content (AvgIpc) is 2.72. The van der Waals surface area contributed by atoms with Gasteiger partial charge in [-0.05, 0) is 29.8 Å². The van der Waals surface area contributed by atoms with Crippen molar-refractivity contribution in [3.8, 4) is 28.4 Å². The van der Waals surface area contributed by atoms with Crippen LogP contribution in [0.15, 0.2) is 45.6 Å². The second kappa shape index (κ2) is 7.97. The molecule has 1 heterocycles. The molecule has 10 heteroatoms. The Morgan fingerprint density at radius 2 is 1.67 bits per heavy atom. The third kappa shape index (κ3) is 3.88. The Bertz CT molecular complexity index is 1170. The van der Waals surface area contributed by atoms with Crippen LogP contribution in [0.2, 0.25) is 0 Å². The van der Waals surface area contributed by atoms with Crippen molar-refractivity contribution >= 4 is 17.1 Å². The second-order valence-electron chi connectivity index (χ2n) is 5.92. The van der Waals surface area contributed by atoms with Gasteiger partial charge in [-0.25, -0.2) is 4.79 Å². The Morgan fingerprint density at radius 3 is 2.27 bits per heavy atom. The quantitative estimate of drug-likeness (QED) is 0.446. The first-order valence-corrected chi connectivity index (χ1v) is 8.35. The molecule has 0 spiro atoms. The normalized spacial score (nSPS) is 11.3. The number of halogens is 3. The Balaban J connectivity index is 2.28. The minimum absolute atomic E-state index is 0.0643. The number of methoxy groups -OCH3 is 3. The highest BCUT2D eigenvalue weighted by Gasteiger charge is 2.39. The van der Waals surface area contributed by atoms with E-state index < -0.39 is 34.7 Å². The van der Waals surface area contributed by atoms with Crippen LogP contribution in [-0.4, -0.2) is 27.5 Å². The van der Waals surface area contributed by atoms with Gasteiger partial charge in [-0.1, -0.05) is 6.07 Å². The monoisotopic (exact) mass is 424 g/mol. The first kappa shape index (κ1) is 21.0. The highest BCUT2D eigenvalue weighted by atomic mass is 19.4. The molecule has 0 aliphatic carbocycles. The van der Waals surface area contributed by atoms with Crippen molar-refractivity contribution in [2.75, 3.05) is 21.3 Å². The number of rotatable bonds is 4. The van der Waals surface area contributed by atoms with Gasteiger partial charge < -0.3 is 23.4 Å². The highest BCUT2D eigenvalue weighted by Crippen LogP contribution is 2.40. The Morgan fingerprint density at radius 1 is 0.967 bits per heavy atom. The molecule has 3 rings (SSSR count). The van der Waals surface area contributed by atoms with Crippen molar-refractivity contribution in [1.29, 1.82) is 0 Å². The zero-order valence-electron chi connectivity index (χ0n) is 16.0. The van der Waals surface area contributed by atoms with Gasteiger partial charge in [0, 0.05) is 6.07 Å². The van der Waals surface area contributed by atoms with E-state index in [1.54, 1.807) is 0 Å². The molecule has 0 unspecified atom stereocenters. The lowest BCUT2D eigenvalue weighted by Crippen LogP contribution is -2.16. The summed E-state index contributed by atoms with van der Waals surface area (Å²) in [5.41, 5.74) is -2.07. The topological polar surface area (TPSA) is 84.2 Å². The molecule has 0 saturated carbocycles. The van der Waals surface area contributed by atoms with Gasteiger partial charge in [-0.2, -0.15) is 13.2 Å². The fourth-order valence-electron chi connectivity index (χ4n) is 2.83. The van der Waals surface area contributed by atoms with Crippen molar-refractivity contribution in [2.24, 2.45) is 0 Å². The summed E-state index contributed by atoms with van der Waals surface area (Å²) in [7, 11) is 3.76. The van der Waals surface area contributed by atoms with Crippen LogP contribution in [0.5, 0.6) is 17.2 Å². The minimum Gasteiger partial charge on any atom is -0.493 e. The molecule has 0 aliphatic rings. The van der Waals surface area contributed by atoms with E-state index in [1.165, 1.54) is 44.6 Å². The first-order valence-electron chi connectivity index (χ1n) is 8.35. The summed E-state index contributed by atoms with van der Waals surface area (Å²) in [6.45, 7) is 0. The van der Waals surface area contributed by atoms with E-state index >= 15 is 0 Å². The van der Waals surface area contributed by atoms with Crippen LogP contribution >= 0.6 is 0 Å². The number of fused-ring (bicyclic) bond motifs is 1. The summed E-state index contributed by atoms with van der Waals surface area (Å²) in [6, 6.07) is 7.36. The van der Waals surface area contributed by atoms with E-state index in [0.717, 1.165) is 13.2 Å². The standard InChI is InChI=1S/C20H15F3O7/c1-26-13-7-4-10(8-15(13)27-2)16-17(24)12-6-5-11(29-19(25)28-3)9-14(12)30-18(16)20(21,22)23/h4-9H,1-3H3. The van der Waals surface area contributed by atoms with Crippen LogP contribution in [0.1, 0.15) is 5.76 Å². The predicted molar refractivity (Wildman–Crippen MR) is 99.1 cm³/mol. The van der Waals surface area contributed by atoms with Gasteiger partial charge in [-0.3, -0.25) is 4.79 Å². The summed E-state index contributed by atoms with van der Waals surface area (Å²) >= 11 is 0. The molecule has 0 radical (unpaired) electrons. The van der Waals surface area contributed by atoms with Gasteiger partial charge in [0.2, 0.25) is 11.2 Å². The maximum Gasteiger partial charge on any atom is 0.513 e. The Kier molecular flexibility index (Phi) is 5.59. The lowest BCUT2D eigenvalue weighted by Gasteiger charge is -2.14. The van der Waals surface area contributed by atoms with Crippen LogP contribution in [0.4, 0.5) is 18.0 Å². The van der Waals surface area contributed by atoms with Crippen molar-refractivity contribution in [1.82, 2.24) is 0 Å². The van der Waals surface area contributed by atoms with Gasteiger partial charge in [0.05, 0.1) is 32.3 Å². The molecule has 30 heavy (non-hydrogen) atoms. The molecule has 0 N–H and O–H groups in total. The minimum atomic E-state index is -4.98. The van der Waals surface area contributed by atoms with E-state index in [-0.39, 0.29) is 28.2 Å². The number of carbonyl (C=O) groups is 1. The number of benzene rings is 2. The molecule has 158 valence electrons. The van der Waals surface area contributed by atoms with E-state index in [1.807, 2.05) is 0 Å². The lowest BCUT2D eigenvalue weighted by molar-refractivity contribution is -0.152. The van der Waals surface area contributed by atoms with Crippen LogP contribution < -0.4 is 19.6 Å². The molecular weight excluding hydrogens is 409 g/mol. The van der Waals surface area contributed by atoms with E-state index in [2.05, 4.69) is 4.74 Å². The molecule has 0 atom stereocenters. The first-order chi connectivity index (χ1) is 14.2. The number of hydrogen-bond acceptors (Lipinski definition) is 7. The van der Waals surface area contributed by atoms with Gasteiger partial charge in [0.1, 0.15) is 11.3 Å². The largest absolute Gasteiger partial charge is 0.513 e. The summed E-state index contributed by atoms with van der Waals surface area (Å²) in [4.78, 5) is 24.2. The van der Waals surface area contributed by atoms with Crippen molar-refractivity contribution in [2.45, 2.75) is 6.18 Å². The molecule has 1 aromatic heterocycles. The maximum atomic E-state index is 13.7. The molecule has 0 bridgehead atoms. The summed E-state index contributed by atoms with van der Waals surface area (Å²) in [6.07, 6.45) is -6.05. The molecular formula is C20H15F3O7. The van der Waals surface area contributed by atoms with E-state index in [9.17, 15) is 22.8 Å². The third-order valence-electron chi connectivity index (χ3n) is 4.16. The van der Waals surface area contributed by atoms with Crippen LogP contribution in [0.25, 0.3) is 22.1 Å². The molecule has 3 aromatic rings. The van der Waals surface area contributed by atoms with Crippen LogP contribution in [0.3, 0.4) is 0 Å². The lowest BCUT2D eigenvalue weighted by atomic mass is 10.0. The summed E-state index contributed by atoms with van der Waals surface area (Å²) < 4.78 is 65.6. The average molecular weight is 424 g/mol. The molecule has 0 amide bonds.